The quantitative estimate of drug-likeness (QED) is 0.867. The summed E-state index contributed by atoms with van der Waals surface area (Å²) < 4.78 is 0. The van der Waals surface area contributed by atoms with Crippen LogP contribution in [0.2, 0.25) is 5.02 Å². The summed E-state index contributed by atoms with van der Waals surface area (Å²) in [7, 11) is 0. The molecule has 15 heavy (non-hydrogen) atoms. The van der Waals surface area contributed by atoms with E-state index in [1.165, 1.54) is 0 Å². The zero-order valence-electron chi connectivity index (χ0n) is 8.55. The molecule has 1 N–H and O–H groups in total. The molecule has 0 aliphatic carbocycles. The number of aliphatic carboxylic acids is 1. The molecule has 1 rings (SSSR count). The fourth-order valence-corrected chi connectivity index (χ4v) is 2.19. The average Bonchev–Trinajstić information content (AvgIpc) is 2.10. The molecule has 0 aliphatic rings. The smallest absolute Gasteiger partial charge is 0.317 e. The lowest BCUT2D eigenvalue weighted by Crippen LogP contribution is -2.16. The van der Waals surface area contributed by atoms with Gasteiger partial charge in [0.05, 0.1) is 0 Å². The number of carbonyl (C=O) groups is 1. The van der Waals surface area contributed by atoms with Crippen LogP contribution in [-0.4, -0.2) is 15.9 Å². The Balaban J connectivity index is 3.00. The number of hydrogen-bond acceptors (Lipinski definition) is 1. The molecule has 0 heterocycles. The standard InChI is InChI=1S/C11H12BrClO2/c1-6-3-7(2)8(10(13)4-6)5-9(12)11(14)15/h3-4,9H,5H2,1-2H3,(H,14,15). The highest BCUT2D eigenvalue weighted by molar-refractivity contribution is 9.10. The Labute approximate surface area is 102 Å². The summed E-state index contributed by atoms with van der Waals surface area (Å²) in [4.78, 5) is 10.1. The van der Waals surface area contributed by atoms with Crippen molar-refractivity contribution >= 4 is 33.5 Å². The average molecular weight is 292 g/mol. The number of carboxylic acid groups (broad SMARTS) is 1. The van der Waals surface area contributed by atoms with Gasteiger partial charge < -0.3 is 5.11 Å². The maximum absolute atomic E-state index is 10.7. The van der Waals surface area contributed by atoms with Gasteiger partial charge in [0.1, 0.15) is 4.83 Å². The Morgan fingerprint density at radius 2 is 2.13 bits per heavy atom. The van der Waals surface area contributed by atoms with E-state index in [1.807, 2.05) is 26.0 Å². The zero-order chi connectivity index (χ0) is 11.6. The number of alkyl halides is 1. The van der Waals surface area contributed by atoms with E-state index >= 15 is 0 Å². The highest BCUT2D eigenvalue weighted by atomic mass is 79.9. The summed E-state index contributed by atoms with van der Waals surface area (Å²) in [6, 6.07) is 3.86. The normalized spacial score (nSPS) is 12.5. The Morgan fingerprint density at radius 1 is 1.53 bits per heavy atom. The molecule has 0 saturated carbocycles. The first-order chi connectivity index (χ1) is 6.91. The van der Waals surface area contributed by atoms with Crippen molar-refractivity contribution in [3.8, 4) is 0 Å². The third kappa shape index (κ3) is 3.21. The molecule has 4 heteroatoms. The van der Waals surface area contributed by atoms with Crippen LogP contribution in [0.25, 0.3) is 0 Å². The first-order valence-corrected chi connectivity index (χ1v) is 5.83. The molecule has 1 aromatic rings. The molecule has 1 unspecified atom stereocenters. The van der Waals surface area contributed by atoms with Crippen LogP contribution in [-0.2, 0) is 11.2 Å². The molecular weight excluding hydrogens is 279 g/mol. The highest BCUT2D eigenvalue weighted by Gasteiger charge is 2.16. The van der Waals surface area contributed by atoms with E-state index in [4.69, 9.17) is 16.7 Å². The maximum atomic E-state index is 10.7. The predicted octanol–water partition coefficient (Wildman–Crippen LogP) is 3.35. The summed E-state index contributed by atoms with van der Waals surface area (Å²) in [5, 5.41) is 9.43. The monoisotopic (exact) mass is 290 g/mol. The molecule has 0 spiro atoms. The molecule has 0 fully saturated rings. The van der Waals surface area contributed by atoms with Gasteiger partial charge in [0.15, 0.2) is 0 Å². The molecule has 0 bridgehead atoms. The van der Waals surface area contributed by atoms with Crippen molar-refractivity contribution < 1.29 is 9.90 Å². The second-order valence-electron chi connectivity index (χ2n) is 3.55. The van der Waals surface area contributed by atoms with Gasteiger partial charge >= 0.3 is 5.97 Å². The van der Waals surface area contributed by atoms with Crippen LogP contribution in [0, 0.1) is 13.8 Å². The Kier molecular flexibility index (Phi) is 4.17. The molecule has 0 saturated heterocycles. The van der Waals surface area contributed by atoms with E-state index in [9.17, 15) is 4.79 Å². The van der Waals surface area contributed by atoms with Gasteiger partial charge in [-0.15, -0.1) is 0 Å². The van der Waals surface area contributed by atoms with E-state index in [0.29, 0.717) is 11.4 Å². The number of benzene rings is 1. The van der Waals surface area contributed by atoms with Gasteiger partial charge in [-0.05, 0) is 43.0 Å². The largest absolute Gasteiger partial charge is 0.480 e. The fourth-order valence-electron chi connectivity index (χ4n) is 1.47. The minimum atomic E-state index is -0.869. The van der Waals surface area contributed by atoms with Crippen LogP contribution in [0.15, 0.2) is 12.1 Å². The number of carboxylic acids is 1. The summed E-state index contributed by atoms with van der Waals surface area (Å²) in [5.74, 6) is -0.869. The van der Waals surface area contributed by atoms with Crippen molar-refractivity contribution in [1.82, 2.24) is 0 Å². The number of aryl methyl sites for hydroxylation is 2. The van der Waals surface area contributed by atoms with Crippen LogP contribution in [0.4, 0.5) is 0 Å². The molecule has 1 aromatic carbocycles. The van der Waals surface area contributed by atoms with Gasteiger partial charge in [0.2, 0.25) is 0 Å². The minimum Gasteiger partial charge on any atom is -0.480 e. The third-order valence-corrected chi connectivity index (χ3v) is 3.27. The van der Waals surface area contributed by atoms with Crippen molar-refractivity contribution in [3.63, 3.8) is 0 Å². The van der Waals surface area contributed by atoms with E-state index < -0.39 is 10.8 Å². The highest BCUT2D eigenvalue weighted by Crippen LogP contribution is 2.24. The molecular formula is C11H12BrClO2. The van der Waals surface area contributed by atoms with Gasteiger partial charge in [0.25, 0.3) is 0 Å². The molecule has 0 radical (unpaired) electrons. The Hall–Kier alpha value is -0.540. The maximum Gasteiger partial charge on any atom is 0.317 e. The lowest BCUT2D eigenvalue weighted by atomic mass is 10.0. The topological polar surface area (TPSA) is 37.3 Å². The Bertz CT molecular complexity index is 367. The Morgan fingerprint density at radius 3 is 2.60 bits per heavy atom. The first kappa shape index (κ1) is 12.5. The third-order valence-electron chi connectivity index (χ3n) is 2.21. The van der Waals surface area contributed by atoms with Crippen molar-refractivity contribution in [2.24, 2.45) is 0 Å². The summed E-state index contributed by atoms with van der Waals surface area (Å²) in [5.41, 5.74) is 3.01. The second-order valence-corrected chi connectivity index (χ2v) is 5.06. The fraction of sp³-hybridized carbons (Fsp3) is 0.364. The SMILES string of the molecule is Cc1cc(C)c(CC(Br)C(=O)O)c(Cl)c1. The van der Waals surface area contributed by atoms with E-state index in [0.717, 1.165) is 16.7 Å². The van der Waals surface area contributed by atoms with E-state index in [1.54, 1.807) is 0 Å². The minimum absolute atomic E-state index is 0.403. The summed E-state index contributed by atoms with van der Waals surface area (Å²) >= 11 is 9.18. The van der Waals surface area contributed by atoms with Crippen LogP contribution >= 0.6 is 27.5 Å². The van der Waals surface area contributed by atoms with Crippen molar-refractivity contribution in [2.45, 2.75) is 25.1 Å². The zero-order valence-corrected chi connectivity index (χ0v) is 10.9. The molecule has 0 amide bonds. The summed E-state index contributed by atoms with van der Waals surface area (Å²) in [6.45, 7) is 3.90. The molecule has 1 atom stereocenters. The van der Waals surface area contributed by atoms with E-state index in [-0.39, 0.29) is 0 Å². The lowest BCUT2D eigenvalue weighted by Gasteiger charge is -2.11. The predicted molar refractivity (Wildman–Crippen MR) is 65.0 cm³/mol. The number of rotatable bonds is 3. The van der Waals surface area contributed by atoms with Gasteiger partial charge in [-0.25, -0.2) is 0 Å². The van der Waals surface area contributed by atoms with Crippen molar-refractivity contribution in [2.75, 3.05) is 0 Å². The van der Waals surface area contributed by atoms with E-state index in [2.05, 4.69) is 15.9 Å². The van der Waals surface area contributed by atoms with Gasteiger partial charge in [-0.3, -0.25) is 4.79 Å². The van der Waals surface area contributed by atoms with Gasteiger partial charge in [0, 0.05) is 5.02 Å². The molecule has 0 aromatic heterocycles. The van der Waals surface area contributed by atoms with Crippen LogP contribution in [0.1, 0.15) is 16.7 Å². The number of hydrogen-bond donors (Lipinski definition) is 1. The molecule has 0 aliphatic heterocycles. The van der Waals surface area contributed by atoms with Crippen LogP contribution in [0.5, 0.6) is 0 Å². The van der Waals surface area contributed by atoms with Crippen LogP contribution in [0.3, 0.4) is 0 Å². The second kappa shape index (κ2) is 4.99. The van der Waals surface area contributed by atoms with Gasteiger partial charge in [-0.1, -0.05) is 33.6 Å². The van der Waals surface area contributed by atoms with Gasteiger partial charge in [-0.2, -0.15) is 0 Å². The lowest BCUT2D eigenvalue weighted by molar-refractivity contribution is -0.136. The number of halogens is 2. The van der Waals surface area contributed by atoms with Crippen LogP contribution < -0.4 is 0 Å². The van der Waals surface area contributed by atoms with Crippen molar-refractivity contribution in [1.29, 1.82) is 0 Å². The molecule has 82 valence electrons. The summed E-state index contributed by atoms with van der Waals surface area (Å²) in [6.07, 6.45) is 0.403. The first-order valence-electron chi connectivity index (χ1n) is 4.54. The molecule has 2 nitrogen and oxygen atoms in total. The van der Waals surface area contributed by atoms with Crippen molar-refractivity contribution in [3.05, 3.63) is 33.8 Å².